The number of nitrogens with one attached hydrogen (secondary N) is 2. The van der Waals surface area contributed by atoms with Gasteiger partial charge in [-0.2, -0.15) is 4.99 Å². The summed E-state index contributed by atoms with van der Waals surface area (Å²) in [6.07, 6.45) is 0.865. The Morgan fingerprint density at radius 3 is 2.66 bits per heavy atom. The van der Waals surface area contributed by atoms with Gasteiger partial charge in [0.15, 0.2) is 16.7 Å². The molecule has 0 fully saturated rings. The number of hydrogen-bond acceptors (Lipinski definition) is 9. The SMILES string of the molecule is CCC(SC1=Nc2ccccc2C2=NC(=O)C(CCC(=O)NCc3ccc(OC)cc3)N12)C(=O)Nc1ccc2c(c1)OCO2. The Morgan fingerprint density at radius 2 is 1.86 bits per heavy atom. The number of anilines is 1. The summed E-state index contributed by atoms with van der Waals surface area (Å²) in [5.41, 5.74) is 2.92. The molecule has 0 aliphatic carbocycles. The van der Waals surface area contributed by atoms with Gasteiger partial charge in [0.05, 0.1) is 18.0 Å². The molecule has 44 heavy (non-hydrogen) atoms. The minimum atomic E-state index is -0.717. The van der Waals surface area contributed by atoms with Gasteiger partial charge in [-0.1, -0.05) is 43.0 Å². The molecule has 0 aromatic heterocycles. The van der Waals surface area contributed by atoms with Crippen LogP contribution in [0.3, 0.4) is 0 Å². The molecular formula is C32H31N5O6S. The zero-order valence-electron chi connectivity index (χ0n) is 24.2. The first kappa shape index (κ1) is 29.2. The highest BCUT2D eigenvalue weighted by Gasteiger charge is 2.42. The van der Waals surface area contributed by atoms with E-state index in [4.69, 9.17) is 19.2 Å². The Labute approximate surface area is 258 Å². The molecule has 0 saturated carbocycles. The van der Waals surface area contributed by atoms with Crippen LogP contribution < -0.4 is 24.8 Å². The first-order chi connectivity index (χ1) is 21.4. The van der Waals surface area contributed by atoms with Gasteiger partial charge in [-0.25, -0.2) is 4.99 Å². The van der Waals surface area contributed by atoms with Crippen molar-refractivity contribution in [2.75, 3.05) is 19.2 Å². The lowest BCUT2D eigenvalue weighted by Gasteiger charge is -2.32. The molecule has 0 saturated heterocycles. The van der Waals surface area contributed by atoms with Crippen LogP contribution in [0.25, 0.3) is 0 Å². The van der Waals surface area contributed by atoms with Crippen molar-refractivity contribution in [3.05, 3.63) is 77.9 Å². The average molecular weight is 614 g/mol. The number of methoxy groups -OCH3 is 1. The number of carbonyl (C=O) groups excluding carboxylic acids is 3. The molecule has 12 heteroatoms. The van der Waals surface area contributed by atoms with E-state index in [1.807, 2.05) is 55.5 Å². The number of aliphatic imine (C=N–C) groups is 2. The zero-order chi connectivity index (χ0) is 30.6. The summed E-state index contributed by atoms with van der Waals surface area (Å²) in [4.78, 5) is 50.5. The first-order valence-corrected chi connectivity index (χ1v) is 15.2. The van der Waals surface area contributed by atoms with Crippen molar-refractivity contribution in [3.8, 4) is 17.2 Å². The summed E-state index contributed by atoms with van der Waals surface area (Å²) >= 11 is 1.27. The number of amidine groups is 2. The summed E-state index contributed by atoms with van der Waals surface area (Å²) in [7, 11) is 1.60. The van der Waals surface area contributed by atoms with E-state index in [0.717, 1.165) is 16.9 Å². The third kappa shape index (κ3) is 6.11. The van der Waals surface area contributed by atoms with Crippen LogP contribution in [0.4, 0.5) is 11.4 Å². The van der Waals surface area contributed by atoms with Gasteiger partial charge in [-0.15, -0.1) is 0 Å². The van der Waals surface area contributed by atoms with E-state index < -0.39 is 11.3 Å². The molecule has 3 amide bonds. The molecule has 226 valence electrons. The molecule has 3 aromatic carbocycles. The average Bonchev–Trinajstić information content (AvgIpc) is 3.65. The number of hydrogen-bond donors (Lipinski definition) is 2. The highest BCUT2D eigenvalue weighted by Crippen LogP contribution is 2.38. The fourth-order valence-electron chi connectivity index (χ4n) is 5.10. The molecule has 3 heterocycles. The van der Waals surface area contributed by atoms with Gasteiger partial charge >= 0.3 is 0 Å². The van der Waals surface area contributed by atoms with Gasteiger partial charge in [-0.05, 0) is 54.8 Å². The molecule has 0 spiro atoms. The van der Waals surface area contributed by atoms with Crippen molar-refractivity contribution in [2.45, 2.75) is 44.0 Å². The quantitative estimate of drug-likeness (QED) is 0.339. The number of thioether (sulfide) groups is 1. The molecule has 11 nitrogen and oxygen atoms in total. The van der Waals surface area contributed by atoms with E-state index in [1.54, 1.807) is 30.2 Å². The number of rotatable bonds is 10. The van der Waals surface area contributed by atoms with E-state index in [-0.39, 0.29) is 37.4 Å². The lowest BCUT2D eigenvalue weighted by atomic mass is 10.1. The number of nitrogens with zero attached hydrogens (tertiary/aromatic N) is 3. The molecule has 3 aliphatic heterocycles. The maximum Gasteiger partial charge on any atom is 0.270 e. The van der Waals surface area contributed by atoms with Gasteiger partial charge in [-0.3, -0.25) is 19.3 Å². The Morgan fingerprint density at radius 1 is 1.07 bits per heavy atom. The number of fused-ring (bicyclic) bond motifs is 4. The van der Waals surface area contributed by atoms with Crippen LogP contribution in [0, 0.1) is 0 Å². The summed E-state index contributed by atoms with van der Waals surface area (Å²) in [6, 6.07) is 19.4. The van der Waals surface area contributed by atoms with E-state index in [2.05, 4.69) is 15.6 Å². The lowest BCUT2D eigenvalue weighted by Crippen LogP contribution is -2.45. The topological polar surface area (TPSA) is 131 Å². The standard InChI is InChI=1S/C32H31N5O6S/c1-3-27(31(40)34-20-10-14-25-26(16-20)43-18-42-25)44-32-35-23-7-5-4-6-22(23)29-36-30(39)24(37(29)32)13-15-28(38)33-17-19-8-11-21(41-2)12-9-19/h4-12,14,16,24,27H,3,13,15,17-18H2,1-2H3,(H,33,38)(H,34,40). The second-order valence-electron chi connectivity index (χ2n) is 10.3. The number of carbonyl (C=O) groups is 3. The second kappa shape index (κ2) is 12.8. The van der Waals surface area contributed by atoms with Crippen LogP contribution in [0.15, 0.2) is 76.7 Å². The summed E-state index contributed by atoms with van der Waals surface area (Å²) < 4.78 is 16.0. The minimum Gasteiger partial charge on any atom is -0.497 e. The largest absolute Gasteiger partial charge is 0.497 e. The van der Waals surface area contributed by atoms with Crippen molar-refractivity contribution >= 4 is 51.9 Å². The number of ether oxygens (including phenoxy) is 3. The van der Waals surface area contributed by atoms with Crippen LogP contribution in [0.1, 0.15) is 37.3 Å². The predicted molar refractivity (Wildman–Crippen MR) is 168 cm³/mol. The number of para-hydroxylation sites is 1. The fourth-order valence-corrected chi connectivity index (χ4v) is 6.17. The third-order valence-electron chi connectivity index (χ3n) is 7.45. The van der Waals surface area contributed by atoms with Crippen molar-refractivity contribution in [1.29, 1.82) is 0 Å². The Kier molecular flexibility index (Phi) is 8.51. The first-order valence-electron chi connectivity index (χ1n) is 14.3. The maximum absolute atomic E-state index is 13.4. The van der Waals surface area contributed by atoms with Gasteiger partial charge < -0.3 is 24.8 Å². The number of benzene rings is 3. The molecule has 2 atom stereocenters. The van der Waals surface area contributed by atoms with Crippen molar-refractivity contribution in [2.24, 2.45) is 9.98 Å². The summed E-state index contributed by atoms with van der Waals surface area (Å²) in [6.45, 7) is 2.42. The molecule has 6 rings (SSSR count). The van der Waals surface area contributed by atoms with E-state index in [9.17, 15) is 14.4 Å². The monoisotopic (exact) mass is 613 g/mol. The third-order valence-corrected chi connectivity index (χ3v) is 8.78. The molecule has 3 aliphatic rings. The van der Waals surface area contributed by atoms with E-state index in [0.29, 0.717) is 46.8 Å². The van der Waals surface area contributed by atoms with E-state index >= 15 is 0 Å². The molecule has 3 aromatic rings. The van der Waals surface area contributed by atoms with Crippen LogP contribution in [0.2, 0.25) is 0 Å². The fraction of sp³-hybridized carbons (Fsp3) is 0.281. The maximum atomic E-state index is 13.4. The Bertz CT molecular complexity index is 1660. The molecule has 0 bridgehead atoms. The van der Waals surface area contributed by atoms with Crippen molar-refractivity contribution < 1.29 is 28.6 Å². The Balaban J connectivity index is 1.16. The normalized spacial score (nSPS) is 16.8. The van der Waals surface area contributed by atoms with E-state index in [1.165, 1.54) is 11.8 Å². The number of amides is 3. The van der Waals surface area contributed by atoms with Gasteiger partial charge in [0.25, 0.3) is 5.91 Å². The van der Waals surface area contributed by atoms with Crippen LogP contribution in [-0.4, -0.2) is 58.8 Å². The minimum absolute atomic E-state index is 0.118. The predicted octanol–water partition coefficient (Wildman–Crippen LogP) is 4.63. The van der Waals surface area contributed by atoms with Crippen LogP contribution in [0.5, 0.6) is 17.2 Å². The van der Waals surface area contributed by atoms with Crippen molar-refractivity contribution in [1.82, 2.24) is 10.2 Å². The second-order valence-corrected chi connectivity index (χ2v) is 11.5. The highest BCUT2D eigenvalue weighted by molar-refractivity contribution is 8.15. The van der Waals surface area contributed by atoms with Gasteiger partial charge in [0.1, 0.15) is 17.6 Å². The molecular weight excluding hydrogens is 582 g/mol. The van der Waals surface area contributed by atoms with Crippen LogP contribution >= 0.6 is 11.8 Å². The Hall–Kier alpha value is -4.84. The zero-order valence-corrected chi connectivity index (χ0v) is 25.1. The van der Waals surface area contributed by atoms with Crippen molar-refractivity contribution in [3.63, 3.8) is 0 Å². The summed E-state index contributed by atoms with van der Waals surface area (Å²) in [5.74, 6) is 1.69. The van der Waals surface area contributed by atoms with Crippen LogP contribution in [-0.2, 0) is 20.9 Å². The lowest BCUT2D eigenvalue weighted by molar-refractivity contribution is -0.122. The molecule has 0 radical (unpaired) electrons. The highest BCUT2D eigenvalue weighted by atomic mass is 32.2. The van der Waals surface area contributed by atoms with Gasteiger partial charge in [0.2, 0.25) is 18.6 Å². The van der Waals surface area contributed by atoms with Gasteiger partial charge in [0, 0.05) is 30.3 Å². The smallest absolute Gasteiger partial charge is 0.270 e. The summed E-state index contributed by atoms with van der Waals surface area (Å²) in [5, 5.41) is 5.85. The molecule has 2 N–H and O–H groups in total. The molecule has 2 unspecified atom stereocenters.